The highest BCUT2D eigenvalue weighted by Crippen LogP contribution is 2.87. The molecule has 4 fully saturated rings. The maximum atomic E-state index is 14.3. The second kappa shape index (κ2) is 13.4. The van der Waals surface area contributed by atoms with Crippen LogP contribution >= 0.6 is 0 Å². The molecule has 2 amide bonds. The standard InChI is InChI=1S/C44H55N3O7/c1-24(49)34-32(23-48)54-47(36(34)41(51)46-33-20-31-35-39(43(31,4)5)44(33,35)6)22-26-14-11-15-29(37(26)52-7)27-18-28-21-42(2,3)53-38(28)30(19-27)40(50)45-17-16-25-12-9-8-10-13-25/h8-15,18-19,24,31-36,39,48-49H,16-17,20-23H2,1-7H3,(H,45,50)(H,46,51)/t24-,31-,32-,33-,34-,35?,36-,39+,44-/m0/s1. The number of nitrogens with one attached hydrogen (secondary N) is 2. The fourth-order valence-electron chi connectivity index (χ4n) is 11.3. The van der Waals surface area contributed by atoms with E-state index < -0.39 is 29.8 Å². The van der Waals surface area contributed by atoms with Gasteiger partial charge in [0.15, 0.2) is 0 Å². The lowest BCUT2D eigenvalue weighted by Crippen LogP contribution is -2.54. The Bertz CT molecular complexity index is 1940. The molecule has 0 aromatic heterocycles. The largest absolute Gasteiger partial charge is 0.496 e. The minimum atomic E-state index is -0.897. The number of hydrogen-bond acceptors (Lipinski definition) is 8. The molecule has 54 heavy (non-hydrogen) atoms. The molecule has 5 aliphatic rings. The number of ether oxygens (including phenoxy) is 2. The van der Waals surface area contributed by atoms with Crippen LogP contribution in [-0.4, -0.2) is 77.2 Å². The molecule has 0 spiro atoms. The van der Waals surface area contributed by atoms with E-state index >= 15 is 0 Å². The lowest BCUT2D eigenvalue weighted by Gasteiger charge is -2.47. The summed E-state index contributed by atoms with van der Waals surface area (Å²) in [5, 5.41) is 29.5. The molecule has 10 heteroatoms. The second-order valence-electron chi connectivity index (χ2n) is 17.8. The predicted octanol–water partition coefficient (Wildman–Crippen LogP) is 5.32. The number of benzene rings is 3. The van der Waals surface area contributed by atoms with E-state index in [4.69, 9.17) is 14.3 Å². The van der Waals surface area contributed by atoms with Gasteiger partial charge in [-0.25, -0.2) is 0 Å². The van der Waals surface area contributed by atoms with Gasteiger partial charge < -0.3 is 30.3 Å². The molecule has 9 atom stereocenters. The zero-order chi connectivity index (χ0) is 38.3. The first-order chi connectivity index (χ1) is 25.7. The maximum Gasteiger partial charge on any atom is 0.255 e. The van der Waals surface area contributed by atoms with Crippen LogP contribution in [0.2, 0.25) is 0 Å². The number of rotatable bonds is 12. The molecule has 3 saturated carbocycles. The summed E-state index contributed by atoms with van der Waals surface area (Å²) < 4.78 is 12.4. The van der Waals surface area contributed by atoms with E-state index in [1.807, 2.05) is 68.4 Å². The van der Waals surface area contributed by atoms with Crippen molar-refractivity contribution in [3.05, 3.63) is 82.9 Å². The number of aliphatic hydroxyl groups excluding tert-OH is 2. The van der Waals surface area contributed by atoms with Crippen LogP contribution in [0.3, 0.4) is 0 Å². The van der Waals surface area contributed by atoms with E-state index in [0.717, 1.165) is 34.2 Å². The zero-order valence-corrected chi connectivity index (χ0v) is 32.5. The third kappa shape index (κ3) is 5.92. The van der Waals surface area contributed by atoms with E-state index in [9.17, 15) is 19.8 Å². The number of hydroxylamine groups is 2. The van der Waals surface area contributed by atoms with Gasteiger partial charge >= 0.3 is 0 Å². The van der Waals surface area contributed by atoms with Crippen molar-refractivity contribution in [1.82, 2.24) is 15.7 Å². The van der Waals surface area contributed by atoms with Gasteiger partial charge in [-0.15, -0.1) is 0 Å². The summed E-state index contributed by atoms with van der Waals surface area (Å²) in [5.74, 6) is 2.05. The van der Waals surface area contributed by atoms with Crippen LogP contribution < -0.4 is 20.1 Å². The summed E-state index contributed by atoms with van der Waals surface area (Å²) in [7, 11) is 1.61. The van der Waals surface area contributed by atoms with Crippen molar-refractivity contribution in [1.29, 1.82) is 0 Å². The van der Waals surface area contributed by atoms with E-state index in [2.05, 4.69) is 37.5 Å². The molecule has 288 valence electrons. The first kappa shape index (κ1) is 37.0. The van der Waals surface area contributed by atoms with Crippen LogP contribution in [0.15, 0.2) is 60.7 Å². The molecule has 3 aromatic rings. The normalized spacial score (nSPS) is 31.5. The number of aliphatic hydroxyl groups is 2. The fraction of sp³-hybridized carbons (Fsp3) is 0.545. The second-order valence-corrected chi connectivity index (χ2v) is 17.8. The molecule has 4 N–H and O–H groups in total. The number of carbonyl (C=O) groups excluding carboxylic acids is 2. The molecule has 2 aliphatic heterocycles. The Morgan fingerprint density at radius 3 is 2.46 bits per heavy atom. The molecule has 8 rings (SSSR count). The highest BCUT2D eigenvalue weighted by atomic mass is 16.7. The van der Waals surface area contributed by atoms with Crippen molar-refractivity contribution in [2.24, 2.45) is 34.5 Å². The lowest BCUT2D eigenvalue weighted by atomic mass is 9.59. The summed E-state index contributed by atoms with van der Waals surface area (Å²) in [6, 6.07) is 19.1. The van der Waals surface area contributed by atoms with Crippen molar-refractivity contribution < 1.29 is 34.1 Å². The number of nitrogens with zero attached hydrogens (tertiary/aromatic N) is 1. The minimum absolute atomic E-state index is 0.0686. The topological polar surface area (TPSA) is 130 Å². The summed E-state index contributed by atoms with van der Waals surface area (Å²) in [4.78, 5) is 34.4. The van der Waals surface area contributed by atoms with E-state index in [0.29, 0.717) is 59.6 Å². The monoisotopic (exact) mass is 737 g/mol. The third-order valence-corrected chi connectivity index (χ3v) is 13.7. The van der Waals surface area contributed by atoms with Crippen LogP contribution in [0.1, 0.15) is 75.0 Å². The van der Waals surface area contributed by atoms with Gasteiger partial charge in [0.25, 0.3) is 5.91 Å². The lowest BCUT2D eigenvalue weighted by molar-refractivity contribution is -0.182. The molecule has 3 aromatic carbocycles. The molecule has 0 bridgehead atoms. The third-order valence-electron chi connectivity index (χ3n) is 13.7. The first-order valence-corrected chi connectivity index (χ1v) is 19.6. The summed E-state index contributed by atoms with van der Waals surface area (Å²) in [5.41, 5.74) is 4.86. The van der Waals surface area contributed by atoms with Gasteiger partial charge in [-0.1, -0.05) is 69.3 Å². The van der Waals surface area contributed by atoms with Crippen molar-refractivity contribution in [2.75, 3.05) is 20.3 Å². The Kier molecular flexibility index (Phi) is 9.15. The average molecular weight is 738 g/mol. The van der Waals surface area contributed by atoms with E-state index in [-0.39, 0.29) is 36.4 Å². The highest BCUT2D eigenvalue weighted by Gasteiger charge is 2.85. The van der Waals surface area contributed by atoms with Crippen LogP contribution in [-0.2, 0) is 29.0 Å². The molecule has 1 unspecified atom stereocenters. The van der Waals surface area contributed by atoms with E-state index in [1.54, 1.807) is 19.1 Å². The van der Waals surface area contributed by atoms with Crippen LogP contribution in [0.5, 0.6) is 11.5 Å². The maximum absolute atomic E-state index is 14.3. The number of carbonyl (C=O) groups is 2. The minimum Gasteiger partial charge on any atom is -0.496 e. The quantitative estimate of drug-likeness (QED) is 0.197. The number of hydrogen-bond donors (Lipinski definition) is 4. The molecular formula is C44H55N3O7. The Morgan fingerprint density at radius 1 is 1.06 bits per heavy atom. The number of amides is 2. The van der Waals surface area contributed by atoms with Crippen LogP contribution in [0, 0.1) is 34.5 Å². The molecular weight excluding hydrogens is 682 g/mol. The zero-order valence-electron chi connectivity index (χ0n) is 32.5. The number of fused-ring (bicyclic) bond motifs is 2. The van der Waals surface area contributed by atoms with Gasteiger partial charge in [-0.2, -0.15) is 5.06 Å². The fourth-order valence-corrected chi connectivity index (χ4v) is 11.3. The Hall–Kier alpha value is -3.96. The van der Waals surface area contributed by atoms with Crippen LogP contribution in [0.25, 0.3) is 11.1 Å². The number of para-hydroxylation sites is 1. The van der Waals surface area contributed by atoms with Gasteiger partial charge in [-0.05, 0) is 91.0 Å². The SMILES string of the molecule is COc1c(CN2O[C@@H](CO)[C@H]([C@H](C)O)[C@H]2C(=O)N[C@H]2C[C@H]3C4[C@H](C3(C)C)[C@]42C)cccc1-c1cc2c(c(C(=O)NCCc3ccccc3)c1)OC(C)(C)C2. The highest BCUT2D eigenvalue weighted by molar-refractivity contribution is 5.99. The molecule has 0 radical (unpaired) electrons. The van der Waals surface area contributed by atoms with E-state index in [1.165, 1.54) is 0 Å². The Balaban J connectivity index is 1.07. The first-order valence-electron chi connectivity index (χ1n) is 19.6. The van der Waals surface area contributed by atoms with Gasteiger partial charge in [-0.3, -0.25) is 14.4 Å². The van der Waals surface area contributed by atoms with Crippen molar-refractivity contribution >= 4 is 11.8 Å². The van der Waals surface area contributed by atoms with Gasteiger partial charge in [0.05, 0.1) is 31.9 Å². The Morgan fingerprint density at radius 2 is 1.81 bits per heavy atom. The van der Waals surface area contributed by atoms with Crippen molar-refractivity contribution in [2.45, 2.75) is 97.2 Å². The smallest absolute Gasteiger partial charge is 0.255 e. The summed E-state index contributed by atoms with van der Waals surface area (Å²) in [6.45, 7) is 13.0. The van der Waals surface area contributed by atoms with Crippen molar-refractivity contribution in [3.8, 4) is 22.6 Å². The van der Waals surface area contributed by atoms with Crippen molar-refractivity contribution in [3.63, 3.8) is 0 Å². The molecule has 3 aliphatic carbocycles. The Labute approximate surface area is 318 Å². The molecule has 10 nitrogen and oxygen atoms in total. The number of methoxy groups -OCH3 is 1. The molecule has 1 saturated heterocycles. The summed E-state index contributed by atoms with van der Waals surface area (Å²) in [6.07, 6.45) is 0.661. The van der Waals surface area contributed by atoms with Gasteiger partial charge in [0.2, 0.25) is 5.91 Å². The van der Waals surface area contributed by atoms with Gasteiger partial charge in [0.1, 0.15) is 29.2 Å². The molecule has 2 heterocycles. The predicted molar refractivity (Wildman–Crippen MR) is 205 cm³/mol. The average Bonchev–Trinajstić information content (AvgIpc) is 3.33. The summed E-state index contributed by atoms with van der Waals surface area (Å²) >= 11 is 0. The van der Waals surface area contributed by atoms with Gasteiger partial charge in [0, 0.05) is 36.1 Å². The van der Waals surface area contributed by atoms with Crippen LogP contribution in [0.4, 0.5) is 0 Å².